The Hall–Kier alpha value is -1.40. The summed E-state index contributed by atoms with van der Waals surface area (Å²) in [5.74, 6) is 0.0454. The van der Waals surface area contributed by atoms with Crippen LogP contribution in [0, 0.1) is 5.92 Å². The number of ether oxygens (including phenoxy) is 1. The highest BCUT2D eigenvalue weighted by atomic mass is 16.5. The first-order valence-electron chi connectivity index (χ1n) is 8.69. The van der Waals surface area contributed by atoms with Crippen molar-refractivity contribution in [1.82, 2.24) is 20.0 Å². The molecule has 1 aliphatic carbocycles. The fourth-order valence-corrected chi connectivity index (χ4v) is 3.75. The number of hydrogen-bond donors (Lipinski definition) is 1. The van der Waals surface area contributed by atoms with Crippen LogP contribution in [0.2, 0.25) is 0 Å². The van der Waals surface area contributed by atoms with E-state index in [1.165, 1.54) is 0 Å². The van der Waals surface area contributed by atoms with Crippen LogP contribution < -0.4 is 5.32 Å². The molecular weight excluding hydrogens is 292 g/mol. The third-order valence-electron chi connectivity index (χ3n) is 5.22. The van der Waals surface area contributed by atoms with Crippen molar-refractivity contribution in [3.63, 3.8) is 0 Å². The van der Waals surface area contributed by atoms with Gasteiger partial charge in [0.25, 0.3) is 0 Å². The molecule has 6 nitrogen and oxygen atoms in total. The monoisotopic (exact) mass is 320 g/mol. The molecule has 2 aliphatic rings. The van der Waals surface area contributed by atoms with E-state index in [0.717, 1.165) is 37.8 Å². The number of aryl methyl sites for hydroxylation is 1. The summed E-state index contributed by atoms with van der Waals surface area (Å²) in [5, 5.41) is 7.56. The van der Waals surface area contributed by atoms with Gasteiger partial charge in [0.05, 0.1) is 18.2 Å². The first-order chi connectivity index (χ1) is 11.1. The van der Waals surface area contributed by atoms with Gasteiger partial charge in [0.15, 0.2) is 0 Å². The molecule has 128 valence electrons. The molecule has 4 atom stereocenters. The van der Waals surface area contributed by atoms with Gasteiger partial charge in [0.2, 0.25) is 5.91 Å². The molecule has 0 unspecified atom stereocenters. The molecule has 23 heavy (non-hydrogen) atoms. The SMILES string of the molecule is CCn1cc([C@H]2OCC[C@@H]2C(=O)N[C@@H]2CC[C@@H](N(C)C)C2)cn1. The van der Waals surface area contributed by atoms with Crippen LogP contribution in [0.4, 0.5) is 0 Å². The Morgan fingerprint density at radius 3 is 2.91 bits per heavy atom. The number of hydrogen-bond acceptors (Lipinski definition) is 4. The van der Waals surface area contributed by atoms with E-state index >= 15 is 0 Å². The molecule has 0 spiro atoms. The molecule has 1 saturated heterocycles. The molecular formula is C17H28N4O2. The molecule has 0 aromatic carbocycles. The van der Waals surface area contributed by atoms with Crippen molar-refractivity contribution < 1.29 is 9.53 Å². The van der Waals surface area contributed by atoms with E-state index in [1.807, 2.05) is 17.1 Å². The lowest BCUT2D eigenvalue weighted by atomic mass is 9.96. The zero-order chi connectivity index (χ0) is 16.4. The van der Waals surface area contributed by atoms with Crippen molar-refractivity contribution >= 4 is 5.91 Å². The zero-order valence-electron chi connectivity index (χ0n) is 14.4. The summed E-state index contributed by atoms with van der Waals surface area (Å²) in [5.41, 5.74) is 1.02. The van der Waals surface area contributed by atoms with Crippen molar-refractivity contribution in [1.29, 1.82) is 0 Å². The van der Waals surface area contributed by atoms with E-state index in [0.29, 0.717) is 18.7 Å². The standard InChI is InChI=1S/C17H28N4O2/c1-4-21-11-12(10-18-21)16-15(7-8-23-16)17(22)19-13-5-6-14(9-13)20(2)3/h10-11,13-16H,4-9H2,1-3H3,(H,19,22)/t13-,14-,15+,16-/m1/s1. The highest BCUT2D eigenvalue weighted by Crippen LogP contribution is 2.35. The quantitative estimate of drug-likeness (QED) is 0.895. The first kappa shape index (κ1) is 16.5. The Morgan fingerprint density at radius 2 is 2.26 bits per heavy atom. The van der Waals surface area contributed by atoms with Crippen molar-refractivity contribution in [3.8, 4) is 0 Å². The molecule has 0 radical (unpaired) electrons. The number of carbonyl (C=O) groups is 1. The van der Waals surface area contributed by atoms with Gasteiger partial charge in [-0.3, -0.25) is 9.48 Å². The minimum Gasteiger partial charge on any atom is -0.373 e. The molecule has 1 aromatic rings. The lowest BCUT2D eigenvalue weighted by Crippen LogP contribution is -2.39. The lowest BCUT2D eigenvalue weighted by molar-refractivity contribution is -0.127. The molecule has 6 heteroatoms. The Bertz CT molecular complexity index is 542. The van der Waals surface area contributed by atoms with E-state index in [9.17, 15) is 4.79 Å². The number of aromatic nitrogens is 2. The average molecular weight is 320 g/mol. The second kappa shape index (κ2) is 7.01. The minimum absolute atomic E-state index is 0.0945. The van der Waals surface area contributed by atoms with E-state index in [4.69, 9.17) is 4.74 Å². The van der Waals surface area contributed by atoms with Gasteiger partial charge in [-0.05, 0) is 46.7 Å². The summed E-state index contributed by atoms with van der Waals surface area (Å²) < 4.78 is 7.71. The Morgan fingerprint density at radius 1 is 1.43 bits per heavy atom. The van der Waals surface area contributed by atoms with Gasteiger partial charge in [0, 0.05) is 37.0 Å². The van der Waals surface area contributed by atoms with Crippen LogP contribution in [0.1, 0.15) is 44.3 Å². The molecule has 2 fully saturated rings. The smallest absolute Gasteiger partial charge is 0.226 e. The van der Waals surface area contributed by atoms with Crippen LogP contribution in [0.3, 0.4) is 0 Å². The highest BCUT2D eigenvalue weighted by molar-refractivity contribution is 5.80. The van der Waals surface area contributed by atoms with Crippen molar-refractivity contribution in [2.75, 3.05) is 20.7 Å². The van der Waals surface area contributed by atoms with E-state index in [1.54, 1.807) is 0 Å². The summed E-state index contributed by atoms with van der Waals surface area (Å²) in [6.07, 6.45) is 7.74. The molecule has 1 N–H and O–H groups in total. The van der Waals surface area contributed by atoms with E-state index in [2.05, 4.69) is 36.3 Å². The van der Waals surface area contributed by atoms with Crippen LogP contribution in [0.15, 0.2) is 12.4 Å². The fraction of sp³-hybridized carbons (Fsp3) is 0.765. The molecule has 1 aromatic heterocycles. The molecule has 1 saturated carbocycles. The number of amides is 1. The van der Waals surface area contributed by atoms with Crippen LogP contribution in [-0.4, -0.2) is 53.4 Å². The Labute approximate surface area is 138 Å². The highest BCUT2D eigenvalue weighted by Gasteiger charge is 2.37. The normalized spacial score (nSPS) is 31.0. The Balaban J connectivity index is 1.60. The summed E-state index contributed by atoms with van der Waals surface area (Å²) in [6, 6.07) is 0.883. The topological polar surface area (TPSA) is 59.4 Å². The Kier molecular flexibility index (Phi) is 5.02. The maximum atomic E-state index is 12.7. The zero-order valence-corrected chi connectivity index (χ0v) is 14.4. The van der Waals surface area contributed by atoms with Gasteiger partial charge >= 0.3 is 0 Å². The van der Waals surface area contributed by atoms with Crippen molar-refractivity contribution in [2.24, 2.45) is 5.92 Å². The molecule has 1 amide bonds. The van der Waals surface area contributed by atoms with Gasteiger partial charge in [0.1, 0.15) is 0 Å². The van der Waals surface area contributed by atoms with Gasteiger partial charge < -0.3 is 15.0 Å². The second-order valence-electron chi connectivity index (χ2n) is 6.95. The largest absolute Gasteiger partial charge is 0.373 e. The summed E-state index contributed by atoms with van der Waals surface area (Å²) >= 11 is 0. The summed E-state index contributed by atoms with van der Waals surface area (Å²) in [6.45, 7) is 3.53. The fourth-order valence-electron chi connectivity index (χ4n) is 3.75. The van der Waals surface area contributed by atoms with Gasteiger partial charge in [-0.1, -0.05) is 0 Å². The minimum atomic E-state index is -0.152. The summed E-state index contributed by atoms with van der Waals surface area (Å²) in [7, 11) is 4.22. The average Bonchev–Trinajstić information content (AvgIpc) is 3.26. The van der Waals surface area contributed by atoms with Crippen LogP contribution in [-0.2, 0) is 16.1 Å². The van der Waals surface area contributed by atoms with Gasteiger partial charge in [-0.2, -0.15) is 5.10 Å². The molecule has 0 bridgehead atoms. The lowest BCUT2D eigenvalue weighted by Gasteiger charge is -2.21. The third-order valence-corrected chi connectivity index (χ3v) is 5.22. The molecule has 2 heterocycles. The number of nitrogens with zero attached hydrogens (tertiary/aromatic N) is 3. The van der Waals surface area contributed by atoms with Gasteiger partial charge in [-0.25, -0.2) is 0 Å². The third kappa shape index (κ3) is 3.58. The molecule has 3 rings (SSSR count). The van der Waals surface area contributed by atoms with Crippen molar-refractivity contribution in [3.05, 3.63) is 18.0 Å². The van der Waals surface area contributed by atoms with Crippen LogP contribution in [0.25, 0.3) is 0 Å². The number of carbonyl (C=O) groups excluding carboxylic acids is 1. The predicted molar refractivity (Wildman–Crippen MR) is 88.0 cm³/mol. The molecule has 1 aliphatic heterocycles. The van der Waals surface area contributed by atoms with Crippen molar-refractivity contribution in [2.45, 2.75) is 57.3 Å². The van der Waals surface area contributed by atoms with Crippen LogP contribution in [0.5, 0.6) is 0 Å². The van der Waals surface area contributed by atoms with Crippen LogP contribution >= 0.6 is 0 Å². The number of nitrogens with one attached hydrogen (secondary N) is 1. The maximum absolute atomic E-state index is 12.7. The van der Waals surface area contributed by atoms with Gasteiger partial charge in [-0.15, -0.1) is 0 Å². The van der Waals surface area contributed by atoms with E-state index < -0.39 is 0 Å². The van der Waals surface area contributed by atoms with E-state index in [-0.39, 0.29) is 17.9 Å². The number of rotatable bonds is 5. The first-order valence-corrected chi connectivity index (χ1v) is 8.69. The maximum Gasteiger partial charge on any atom is 0.226 e. The second-order valence-corrected chi connectivity index (χ2v) is 6.95. The summed E-state index contributed by atoms with van der Waals surface area (Å²) in [4.78, 5) is 15.0. The predicted octanol–water partition coefficient (Wildman–Crippen LogP) is 1.58.